The highest BCUT2D eigenvalue weighted by atomic mass is 19.1. The van der Waals surface area contributed by atoms with Gasteiger partial charge in [0, 0.05) is 18.2 Å². The van der Waals surface area contributed by atoms with Crippen molar-refractivity contribution in [3.05, 3.63) is 47.1 Å². The quantitative estimate of drug-likeness (QED) is 0.901. The normalized spacial score (nSPS) is 12.4. The lowest BCUT2D eigenvalue weighted by molar-refractivity contribution is 0.247. The van der Waals surface area contributed by atoms with Crippen LogP contribution in [0.2, 0.25) is 0 Å². The molecule has 19 heavy (non-hydrogen) atoms. The Kier molecular flexibility index (Phi) is 4.16. The van der Waals surface area contributed by atoms with Gasteiger partial charge in [-0.1, -0.05) is 5.16 Å². The van der Waals surface area contributed by atoms with Gasteiger partial charge in [0.15, 0.2) is 5.76 Å². The molecule has 2 N–H and O–H groups in total. The van der Waals surface area contributed by atoms with Gasteiger partial charge in [0.2, 0.25) is 0 Å². The van der Waals surface area contributed by atoms with Gasteiger partial charge in [-0.25, -0.2) is 4.39 Å². The van der Waals surface area contributed by atoms with E-state index >= 15 is 0 Å². The molecule has 5 heteroatoms. The van der Waals surface area contributed by atoms with Crippen molar-refractivity contribution in [2.75, 3.05) is 0 Å². The molecule has 0 aliphatic carbocycles. The maximum Gasteiger partial charge on any atom is 0.174 e. The van der Waals surface area contributed by atoms with Gasteiger partial charge in [0.05, 0.1) is 5.69 Å². The summed E-state index contributed by atoms with van der Waals surface area (Å²) in [6.07, 6.45) is 0.607. The number of rotatable bonds is 5. The van der Waals surface area contributed by atoms with E-state index < -0.39 is 0 Å². The first-order valence-electron chi connectivity index (χ1n) is 6.13. The Morgan fingerprint density at radius 3 is 2.79 bits per heavy atom. The minimum absolute atomic E-state index is 0.0217. The van der Waals surface area contributed by atoms with Crippen LogP contribution < -0.4 is 10.5 Å². The van der Waals surface area contributed by atoms with E-state index in [0.29, 0.717) is 17.9 Å². The first-order chi connectivity index (χ1) is 9.02. The zero-order valence-electron chi connectivity index (χ0n) is 11.0. The van der Waals surface area contributed by atoms with Gasteiger partial charge in [-0.3, -0.25) is 0 Å². The van der Waals surface area contributed by atoms with Crippen molar-refractivity contribution in [2.45, 2.75) is 32.9 Å². The molecule has 1 aromatic heterocycles. The van der Waals surface area contributed by atoms with Crippen molar-refractivity contribution in [1.29, 1.82) is 0 Å². The summed E-state index contributed by atoms with van der Waals surface area (Å²) in [5, 5.41) is 3.76. The number of nitrogens with two attached hydrogens (primary N) is 1. The van der Waals surface area contributed by atoms with Crippen molar-refractivity contribution in [1.82, 2.24) is 5.16 Å². The summed E-state index contributed by atoms with van der Waals surface area (Å²) in [5.74, 6) is 0.738. The molecule has 0 radical (unpaired) electrons. The number of aryl methyl sites for hydroxylation is 1. The zero-order valence-corrected chi connectivity index (χ0v) is 11.0. The van der Waals surface area contributed by atoms with Crippen molar-refractivity contribution in [2.24, 2.45) is 5.73 Å². The van der Waals surface area contributed by atoms with Crippen molar-refractivity contribution < 1.29 is 13.7 Å². The highest BCUT2D eigenvalue weighted by Crippen LogP contribution is 2.19. The van der Waals surface area contributed by atoms with E-state index in [0.717, 1.165) is 11.3 Å². The second kappa shape index (κ2) is 5.84. The van der Waals surface area contributed by atoms with E-state index in [2.05, 4.69) is 5.16 Å². The van der Waals surface area contributed by atoms with Crippen LogP contribution in [0.15, 0.2) is 28.8 Å². The molecule has 102 valence electrons. The molecular weight excluding hydrogens is 247 g/mol. The van der Waals surface area contributed by atoms with Crippen LogP contribution in [0.1, 0.15) is 23.9 Å². The van der Waals surface area contributed by atoms with Gasteiger partial charge >= 0.3 is 0 Å². The van der Waals surface area contributed by atoms with Crippen LogP contribution in [-0.2, 0) is 13.0 Å². The lowest BCUT2D eigenvalue weighted by Crippen LogP contribution is -2.17. The summed E-state index contributed by atoms with van der Waals surface area (Å²) in [5.41, 5.74) is 7.31. The number of hydrogen-bond donors (Lipinski definition) is 1. The number of nitrogens with zero attached hydrogens (tertiary/aromatic N) is 1. The third-order valence-corrected chi connectivity index (χ3v) is 2.55. The number of hydrogen-bond acceptors (Lipinski definition) is 4. The Balaban J connectivity index is 2.05. The fraction of sp³-hybridized carbons (Fsp3) is 0.357. The number of aromatic nitrogens is 1. The predicted molar refractivity (Wildman–Crippen MR) is 69.3 cm³/mol. The van der Waals surface area contributed by atoms with Crippen LogP contribution in [0, 0.1) is 12.7 Å². The smallest absolute Gasteiger partial charge is 0.174 e. The lowest BCUT2D eigenvalue weighted by Gasteiger charge is -2.09. The Morgan fingerprint density at radius 2 is 2.16 bits per heavy atom. The Labute approximate surface area is 111 Å². The van der Waals surface area contributed by atoms with E-state index in [1.807, 2.05) is 13.8 Å². The van der Waals surface area contributed by atoms with Crippen LogP contribution >= 0.6 is 0 Å². The van der Waals surface area contributed by atoms with Crippen LogP contribution in [-0.4, -0.2) is 11.2 Å². The van der Waals surface area contributed by atoms with E-state index in [-0.39, 0.29) is 18.5 Å². The minimum atomic E-state index is -0.332. The summed E-state index contributed by atoms with van der Waals surface area (Å²) in [7, 11) is 0. The van der Waals surface area contributed by atoms with Crippen molar-refractivity contribution in [3.8, 4) is 5.75 Å². The van der Waals surface area contributed by atoms with Crippen LogP contribution in [0.4, 0.5) is 4.39 Å². The van der Waals surface area contributed by atoms with Gasteiger partial charge in [-0.15, -0.1) is 0 Å². The Morgan fingerprint density at radius 1 is 1.37 bits per heavy atom. The molecule has 0 saturated carbocycles. The summed E-state index contributed by atoms with van der Waals surface area (Å²) in [6, 6.07) is 6.35. The second-order valence-corrected chi connectivity index (χ2v) is 4.70. The summed E-state index contributed by atoms with van der Waals surface area (Å²) >= 11 is 0. The third kappa shape index (κ3) is 4.06. The van der Waals surface area contributed by atoms with Gasteiger partial charge in [-0.2, -0.15) is 0 Å². The van der Waals surface area contributed by atoms with Gasteiger partial charge in [0.1, 0.15) is 18.2 Å². The van der Waals surface area contributed by atoms with E-state index in [4.69, 9.17) is 15.0 Å². The monoisotopic (exact) mass is 264 g/mol. The molecule has 2 aromatic rings. The molecule has 1 heterocycles. The standard InChI is InChI=1S/C14H17FN2O2/c1-9(16)3-11-5-12(15)7-13(6-11)18-8-14-4-10(2)17-19-14/h4-7,9H,3,8,16H2,1-2H3. The first-order valence-corrected chi connectivity index (χ1v) is 6.13. The molecule has 0 aliphatic heterocycles. The Hall–Kier alpha value is -1.88. The molecular formula is C14H17FN2O2. The minimum Gasteiger partial charge on any atom is -0.485 e. The molecule has 0 saturated heterocycles. The van der Waals surface area contributed by atoms with E-state index in [1.54, 1.807) is 12.1 Å². The molecule has 1 aromatic carbocycles. The SMILES string of the molecule is Cc1cc(COc2cc(F)cc(CC(C)N)c2)on1. The molecule has 0 amide bonds. The first kappa shape index (κ1) is 13.5. The number of halogens is 1. The maximum absolute atomic E-state index is 13.5. The fourth-order valence-electron chi connectivity index (χ4n) is 1.83. The van der Waals surface area contributed by atoms with E-state index in [1.165, 1.54) is 12.1 Å². The predicted octanol–water partition coefficient (Wildman–Crippen LogP) is 2.59. The molecule has 1 unspecified atom stereocenters. The van der Waals surface area contributed by atoms with Gasteiger partial charge in [-0.05, 0) is 38.0 Å². The van der Waals surface area contributed by atoms with Crippen LogP contribution in [0.5, 0.6) is 5.75 Å². The molecule has 0 fully saturated rings. The molecule has 2 rings (SSSR count). The number of ether oxygens (including phenoxy) is 1. The topological polar surface area (TPSA) is 61.3 Å². The molecule has 0 aliphatic rings. The summed E-state index contributed by atoms with van der Waals surface area (Å²) < 4.78 is 24.0. The van der Waals surface area contributed by atoms with E-state index in [9.17, 15) is 4.39 Å². The molecule has 4 nitrogen and oxygen atoms in total. The van der Waals surface area contributed by atoms with Crippen molar-refractivity contribution >= 4 is 0 Å². The van der Waals surface area contributed by atoms with Crippen LogP contribution in [0.3, 0.4) is 0 Å². The van der Waals surface area contributed by atoms with Crippen LogP contribution in [0.25, 0.3) is 0 Å². The van der Waals surface area contributed by atoms with Gasteiger partial charge in [0.25, 0.3) is 0 Å². The molecule has 1 atom stereocenters. The third-order valence-electron chi connectivity index (χ3n) is 2.55. The summed E-state index contributed by atoms with van der Waals surface area (Å²) in [4.78, 5) is 0. The zero-order chi connectivity index (χ0) is 13.8. The summed E-state index contributed by atoms with van der Waals surface area (Å²) in [6.45, 7) is 3.93. The van der Waals surface area contributed by atoms with Crippen molar-refractivity contribution in [3.63, 3.8) is 0 Å². The lowest BCUT2D eigenvalue weighted by atomic mass is 10.1. The molecule has 0 spiro atoms. The fourth-order valence-corrected chi connectivity index (χ4v) is 1.83. The highest BCUT2D eigenvalue weighted by molar-refractivity contribution is 5.30. The average Bonchev–Trinajstić information content (AvgIpc) is 2.71. The largest absolute Gasteiger partial charge is 0.485 e. The average molecular weight is 264 g/mol. The second-order valence-electron chi connectivity index (χ2n) is 4.70. The Bertz CT molecular complexity index is 552. The van der Waals surface area contributed by atoms with Gasteiger partial charge < -0.3 is 15.0 Å². The maximum atomic E-state index is 13.5. The number of benzene rings is 1. The molecule has 0 bridgehead atoms. The highest BCUT2D eigenvalue weighted by Gasteiger charge is 2.06.